The van der Waals surface area contributed by atoms with Crippen LogP contribution >= 0.6 is 0 Å². The first-order chi connectivity index (χ1) is 9.15. The number of H-pyrrole nitrogens is 1. The molecule has 7 heteroatoms. The van der Waals surface area contributed by atoms with Crippen LogP contribution in [0.3, 0.4) is 0 Å². The standard InChI is InChI=1S/C12H18N6O/c1-8-4-13-5-9(2)17(8)6-10-3-11(19)18-12(16-10)14-7-15-18/h3,7-9,13H,4-6H2,1-2H3,(H,14,15,16). The third kappa shape index (κ3) is 2.26. The second-order valence-electron chi connectivity index (χ2n) is 5.14. The van der Waals surface area contributed by atoms with E-state index in [-0.39, 0.29) is 5.56 Å². The summed E-state index contributed by atoms with van der Waals surface area (Å²) in [5, 5.41) is 6.13. The quantitative estimate of drug-likeness (QED) is 0.770. The van der Waals surface area contributed by atoms with Gasteiger partial charge in [-0.15, -0.1) is 0 Å². The van der Waals surface area contributed by atoms with Gasteiger partial charge in [0.2, 0.25) is 0 Å². The van der Waals surface area contributed by atoms with E-state index in [0.717, 1.165) is 18.8 Å². The number of nitrogens with one attached hydrogen (secondary N) is 2. The minimum Gasteiger partial charge on any atom is -0.314 e. The van der Waals surface area contributed by atoms with Crippen LogP contribution in [0.1, 0.15) is 19.5 Å². The van der Waals surface area contributed by atoms with Crippen molar-refractivity contribution in [1.82, 2.24) is 29.8 Å². The Morgan fingerprint density at radius 1 is 1.37 bits per heavy atom. The molecule has 0 spiro atoms. The summed E-state index contributed by atoms with van der Waals surface area (Å²) in [5.41, 5.74) is 0.658. The largest absolute Gasteiger partial charge is 0.314 e. The molecule has 1 fully saturated rings. The molecule has 2 atom stereocenters. The molecule has 102 valence electrons. The van der Waals surface area contributed by atoms with Crippen LogP contribution in [0.4, 0.5) is 0 Å². The van der Waals surface area contributed by atoms with Gasteiger partial charge in [0, 0.05) is 37.8 Å². The lowest BCUT2D eigenvalue weighted by Gasteiger charge is -2.39. The second kappa shape index (κ2) is 4.75. The highest BCUT2D eigenvalue weighted by Gasteiger charge is 2.25. The Hall–Kier alpha value is -1.73. The van der Waals surface area contributed by atoms with Gasteiger partial charge in [0.05, 0.1) is 5.69 Å². The van der Waals surface area contributed by atoms with E-state index in [1.54, 1.807) is 6.07 Å². The Morgan fingerprint density at radius 3 is 2.84 bits per heavy atom. The Labute approximate surface area is 110 Å². The van der Waals surface area contributed by atoms with E-state index in [9.17, 15) is 4.79 Å². The molecule has 0 aromatic carbocycles. The molecule has 7 nitrogen and oxygen atoms in total. The lowest BCUT2D eigenvalue weighted by atomic mass is 10.1. The van der Waals surface area contributed by atoms with E-state index in [4.69, 9.17) is 0 Å². The molecule has 0 amide bonds. The number of aromatic amines is 1. The predicted octanol–water partition coefficient (Wildman–Crippen LogP) is -0.400. The molecule has 1 saturated heterocycles. The van der Waals surface area contributed by atoms with Gasteiger partial charge in [0.15, 0.2) is 0 Å². The highest BCUT2D eigenvalue weighted by Crippen LogP contribution is 2.13. The van der Waals surface area contributed by atoms with Crippen LogP contribution in [0.15, 0.2) is 17.2 Å². The maximum atomic E-state index is 11.9. The molecule has 2 unspecified atom stereocenters. The molecule has 0 bridgehead atoms. The summed E-state index contributed by atoms with van der Waals surface area (Å²) in [6.45, 7) is 6.98. The number of nitrogens with zero attached hydrogens (tertiary/aromatic N) is 4. The minimum atomic E-state index is -0.118. The van der Waals surface area contributed by atoms with Gasteiger partial charge in [-0.3, -0.25) is 14.8 Å². The smallest absolute Gasteiger partial charge is 0.274 e. The van der Waals surface area contributed by atoms with E-state index in [2.05, 4.69) is 39.1 Å². The molecule has 2 N–H and O–H groups in total. The topological polar surface area (TPSA) is 78.3 Å². The van der Waals surface area contributed by atoms with Gasteiger partial charge >= 0.3 is 0 Å². The molecule has 0 saturated carbocycles. The van der Waals surface area contributed by atoms with Crippen LogP contribution in [0, 0.1) is 0 Å². The summed E-state index contributed by atoms with van der Waals surface area (Å²) in [6, 6.07) is 2.44. The van der Waals surface area contributed by atoms with Gasteiger partial charge < -0.3 is 5.32 Å². The summed E-state index contributed by atoms with van der Waals surface area (Å²) in [7, 11) is 0. The minimum absolute atomic E-state index is 0.118. The SMILES string of the molecule is CC1CNCC(C)N1Cc1cc(=O)n2[nH]cnc2n1. The van der Waals surface area contributed by atoms with Crippen molar-refractivity contribution >= 4 is 5.78 Å². The Kier molecular flexibility index (Phi) is 3.08. The molecule has 3 rings (SSSR count). The first-order valence-corrected chi connectivity index (χ1v) is 6.53. The van der Waals surface area contributed by atoms with E-state index in [0.29, 0.717) is 24.4 Å². The summed E-state index contributed by atoms with van der Waals surface area (Å²) in [4.78, 5) is 22.7. The molecule has 3 heterocycles. The fourth-order valence-corrected chi connectivity index (χ4v) is 2.62. The molecular formula is C12H18N6O. The molecule has 1 aliphatic rings. The van der Waals surface area contributed by atoms with Gasteiger partial charge in [-0.25, -0.2) is 9.97 Å². The number of fused-ring (bicyclic) bond motifs is 1. The lowest BCUT2D eigenvalue weighted by molar-refractivity contribution is 0.107. The van der Waals surface area contributed by atoms with Crippen molar-refractivity contribution in [2.75, 3.05) is 13.1 Å². The van der Waals surface area contributed by atoms with Crippen LogP contribution in [-0.4, -0.2) is 49.7 Å². The molecule has 0 radical (unpaired) electrons. The van der Waals surface area contributed by atoms with Gasteiger partial charge in [-0.1, -0.05) is 0 Å². The highest BCUT2D eigenvalue weighted by molar-refractivity contribution is 5.26. The average Bonchev–Trinajstić information content (AvgIpc) is 2.83. The zero-order valence-corrected chi connectivity index (χ0v) is 11.1. The van der Waals surface area contributed by atoms with E-state index in [1.165, 1.54) is 10.8 Å². The van der Waals surface area contributed by atoms with E-state index in [1.807, 2.05) is 0 Å². The van der Waals surface area contributed by atoms with E-state index >= 15 is 0 Å². The van der Waals surface area contributed by atoms with Crippen molar-refractivity contribution in [3.8, 4) is 0 Å². The molecule has 19 heavy (non-hydrogen) atoms. The number of rotatable bonds is 2. The van der Waals surface area contributed by atoms with Gasteiger partial charge in [-0.05, 0) is 13.8 Å². The second-order valence-corrected chi connectivity index (χ2v) is 5.14. The van der Waals surface area contributed by atoms with Crippen LogP contribution in [0.5, 0.6) is 0 Å². The molecule has 2 aromatic heterocycles. The first kappa shape index (κ1) is 12.3. The molecular weight excluding hydrogens is 244 g/mol. The van der Waals surface area contributed by atoms with Crippen LogP contribution in [-0.2, 0) is 6.54 Å². The van der Waals surface area contributed by atoms with Crippen molar-refractivity contribution < 1.29 is 0 Å². The van der Waals surface area contributed by atoms with Crippen molar-refractivity contribution in [2.24, 2.45) is 0 Å². The van der Waals surface area contributed by atoms with Crippen LogP contribution in [0.2, 0.25) is 0 Å². The Morgan fingerprint density at radius 2 is 2.11 bits per heavy atom. The maximum absolute atomic E-state index is 11.9. The zero-order chi connectivity index (χ0) is 13.4. The van der Waals surface area contributed by atoms with Crippen molar-refractivity contribution in [3.63, 3.8) is 0 Å². The van der Waals surface area contributed by atoms with Gasteiger partial charge in [0.25, 0.3) is 11.3 Å². The predicted molar refractivity (Wildman–Crippen MR) is 70.9 cm³/mol. The summed E-state index contributed by atoms with van der Waals surface area (Å²) in [6.07, 6.45) is 1.48. The number of hydrogen-bond acceptors (Lipinski definition) is 5. The average molecular weight is 262 g/mol. The fraction of sp³-hybridized carbons (Fsp3) is 0.583. The number of piperazine rings is 1. The van der Waals surface area contributed by atoms with Crippen LogP contribution in [0.25, 0.3) is 5.78 Å². The van der Waals surface area contributed by atoms with Crippen molar-refractivity contribution in [3.05, 3.63) is 28.4 Å². The third-order valence-electron chi connectivity index (χ3n) is 3.68. The highest BCUT2D eigenvalue weighted by atomic mass is 16.1. The van der Waals surface area contributed by atoms with Crippen molar-refractivity contribution in [2.45, 2.75) is 32.5 Å². The molecule has 2 aromatic rings. The number of hydrogen-bond donors (Lipinski definition) is 2. The van der Waals surface area contributed by atoms with Crippen LogP contribution < -0.4 is 10.9 Å². The molecule has 0 aliphatic carbocycles. The van der Waals surface area contributed by atoms with Crippen molar-refractivity contribution in [1.29, 1.82) is 0 Å². The van der Waals surface area contributed by atoms with E-state index < -0.39 is 0 Å². The Bertz CT molecular complexity index is 622. The monoisotopic (exact) mass is 262 g/mol. The Balaban J connectivity index is 1.90. The maximum Gasteiger partial charge on any atom is 0.274 e. The third-order valence-corrected chi connectivity index (χ3v) is 3.68. The normalized spacial score (nSPS) is 24.9. The molecule has 1 aliphatic heterocycles. The van der Waals surface area contributed by atoms with Gasteiger partial charge in [-0.2, -0.15) is 4.52 Å². The summed E-state index contributed by atoms with van der Waals surface area (Å²) < 4.78 is 1.34. The first-order valence-electron chi connectivity index (χ1n) is 6.53. The summed E-state index contributed by atoms with van der Waals surface area (Å²) in [5.74, 6) is 0.429. The lowest BCUT2D eigenvalue weighted by Crippen LogP contribution is -2.54. The number of aromatic nitrogens is 4. The summed E-state index contributed by atoms with van der Waals surface area (Å²) >= 11 is 0. The fourth-order valence-electron chi connectivity index (χ4n) is 2.62. The zero-order valence-electron chi connectivity index (χ0n) is 11.1. The van der Waals surface area contributed by atoms with Gasteiger partial charge in [0.1, 0.15) is 6.33 Å².